The highest BCUT2D eigenvalue weighted by atomic mass is 32.1. The highest BCUT2D eigenvalue weighted by Gasteiger charge is 2.24. The van der Waals surface area contributed by atoms with Crippen molar-refractivity contribution in [3.05, 3.63) is 68.7 Å². The Labute approximate surface area is 160 Å². The number of carbonyl (C=O) groups is 1. The highest BCUT2D eigenvalue weighted by molar-refractivity contribution is 7.10. The van der Waals surface area contributed by atoms with Gasteiger partial charge in [0.25, 0.3) is 5.91 Å². The van der Waals surface area contributed by atoms with Crippen molar-refractivity contribution in [3.63, 3.8) is 0 Å². The number of ether oxygens (including phenoxy) is 1. The summed E-state index contributed by atoms with van der Waals surface area (Å²) >= 11 is 1.67. The summed E-state index contributed by atoms with van der Waals surface area (Å²) in [5.74, 6) is -0.349. The Balaban J connectivity index is 1.52. The van der Waals surface area contributed by atoms with Gasteiger partial charge in [-0.2, -0.15) is 0 Å². The fourth-order valence-corrected chi connectivity index (χ4v) is 4.13. The van der Waals surface area contributed by atoms with E-state index < -0.39 is 0 Å². The summed E-state index contributed by atoms with van der Waals surface area (Å²) < 4.78 is 11.1. The molecule has 0 radical (unpaired) electrons. The summed E-state index contributed by atoms with van der Waals surface area (Å²) in [6, 6.07) is 12.3. The van der Waals surface area contributed by atoms with Crippen LogP contribution in [0.15, 0.2) is 57.1 Å². The van der Waals surface area contributed by atoms with Gasteiger partial charge in [-0.15, -0.1) is 11.3 Å². The predicted molar refractivity (Wildman–Crippen MR) is 104 cm³/mol. The van der Waals surface area contributed by atoms with Crippen molar-refractivity contribution in [1.29, 1.82) is 0 Å². The summed E-state index contributed by atoms with van der Waals surface area (Å²) in [7, 11) is 0. The van der Waals surface area contributed by atoms with Crippen LogP contribution in [0.25, 0.3) is 11.0 Å². The van der Waals surface area contributed by atoms with Crippen LogP contribution in [-0.4, -0.2) is 43.7 Å². The molecule has 1 aliphatic rings. The minimum absolute atomic E-state index is 0.0330. The lowest BCUT2D eigenvalue weighted by Gasteiger charge is -2.34. The average Bonchev–Trinajstić information content (AvgIpc) is 3.23. The van der Waals surface area contributed by atoms with E-state index in [1.807, 2.05) is 11.4 Å². The molecule has 1 amide bonds. The number of carbonyl (C=O) groups excluding carboxylic acids is 1. The van der Waals surface area contributed by atoms with Crippen LogP contribution < -0.4 is 10.7 Å². The Kier molecular flexibility index (Phi) is 5.33. The summed E-state index contributed by atoms with van der Waals surface area (Å²) in [5, 5.41) is 5.43. The Morgan fingerprint density at radius 1 is 1.19 bits per heavy atom. The number of thiophene rings is 1. The van der Waals surface area contributed by atoms with E-state index in [2.05, 4.69) is 16.3 Å². The molecule has 0 saturated carbocycles. The van der Waals surface area contributed by atoms with Crippen LogP contribution in [0.4, 0.5) is 0 Å². The number of amides is 1. The number of para-hydroxylation sites is 1. The van der Waals surface area contributed by atoms with Gasteiger partial charge in [-0.3, -0.25) is 14.5 Å². The van der Waals surface area contributed by atoms with Crippen LogP contribution in [0.5, 0.6) is 0 Å². The number of hydrogen-bond acceptors (Lipinski definition) is 6. The molecule has 0 aliphatic carbocycles. The molecule has 1 atom stereocenters. The SMILES string of the molecule is O=C(NCC(c1cccs1)N1CCOCC1)c1cc(=O)c2ccccc2o1. The molecule has 7 heteroatoms. The summed E-state index contributed by atoms with van der Waals surface area (Å²) in [6.45, 7) is 3.47. The van der Waals surface area contributed by atoms with Crippen LogP contribution in [0.3, 0.4) is 0 Å². The molecule has 1 aliphatic heterocycles. The smallest absolute Gasteiger partial charge is 0.287 e. The van der Waals surface area contributed by atoms with Gasteiger partial charge in [0.1, 0.15) is 5.58 Å². The Morgan fingerprint density at radius 3 is 2.78 bits per heavy atom. The van der Waals surface area contributed by atoms with Gasteiger partial charge in [-0.1, -0.05) is 18.2 Å². The third kappa shape index (κ3) is 3.95. The molecule has 0 spiro atoms. The van der Waals surface area contributed by atoms with Crippen LogP contribution in [-0.2, 0) is 4.74 Å². The van der Waals surface area contributed by atoms with Gasteiger partial charge >= 0.3 is 0 Å². The molecule has 27 heavy (non-hydrogen) atoms. The molecular weight excluding hydrogens is 364 g/mol. The topological polar surface area (TPSA) is 71.8 Å². The Hall–Kier alpha value is -2.48. The largest absolute Gasteiger partial charge is 0.451 e. The van der Waals surface area contributed by atoms with E-state index in [1.54, 1.807) is 35.6 Å². The number of hydrogen-bond donors (Lipinski definition) is 1. The van der Waals surface area contributed by atoms with Gasteiger partial charge in [-0.25, -0.2) is 0 Å². The average molecular weight is 384 g/mol. The molecule has 2 aromatic heterocycles. The molecule has 1 N–H and O–H groups in total. The fourth-order valence-electron chi connectivity index (χ4n) is 3.27. The van der Waals surface area contributed by atoms with Crippen LogP contribution in [0, 0.1) is 0 Å². The van der Waals surface area contributed by atoms with E-state index >= 15 is 0 Å². The van der Waals surface area contributed by atoms with Gasteiger partial charge in [-0.05, 0) is 23.6 Å². The van der Waals surface area contributed by atoms with Gasteiger partial charge in [0.15, 0.2) is 11.2 Å². The molecule has 3 heterocycles. The second kappa shape index (κ2) is 8.04. The lowest BCUT2D eigenvalue weighted by Crippen LogP contribution is -2.43. The van der Waals surface area contributed by atoms with Crippen molar-refractivity contribution in [3.8, 4) is 0 Å². The molecule has 1 fully saturated rings. The van der Waals surface area contributed by atoms with Crippen molar-refractivity contribution in [1.82, 2.24) is 10.2 Å². The fraction of sp³-hybridized carbons (Fsp3) is 0.300. The zero-order valence-corrected chi connectivity index (χ0v) is 15.5. The summed E-state index contributed by atoms with van der Waals surface area (Å²) in [5.41, 5.74) is 0.197. The normalized spacial score (nSPS) is 16.3. The number of nitrogens with zero attached hydrogens (tertiary/aromatic N) is 1. The van der Waals surface area contributed by atoms with Crippen molar-refractivity contribution in [2.24, 2.45) is 0 Å². The molecular formula is C20H20N2O4S. The third-order valence-electron chi connectivity index (χ3n) is 4.67. The number of morpholine rings is 1. The Bertz CT molecular complexity index is 977. The van der Waals surface area contributed by atoms with Crippen LogP contribution in [0.2, 0.25) is 0 Å². The first kappa shape index (κ1) is 17.9. The molecule has 4 rings (SSSR count). The van der Waals surface area contributed by atoms with Crippen molar-refractivity contribution in [2.75, 3.05) is 32.8 Å². The van der Waals surface area contributed by atoms with E-state index in [9.17, 15) is 9.59 Å². The second-order valence-electron chi connectivity index (χ2n) is 6.36. The number of nitrogens with one attached hydrogen (secondary N) is 1. The highest BCUT2D eigenvalue weighted by Crippen LogP contribution is 2.25. The molecule has 1 aromatic carbocycles. The predicted octanol–water partition coefficient (Wildman–Crippen LogP) is 2.66. The molecule has 140 valence electrons. The van der Waals surface area contributed by atoms with Gasteiger partial charge < -0.3 is 14.5 Å². The standard InChI is InChI=1S/C20H20N2O4S/c23-16-12-18(26-17-5-2-1-4-14(16)17)20(24)21-13-15(19-6-3-11-27-19)22-7-9-25-10-8-22/h1-6,11-12,15H,7-10,13H2,(H,21,24). The quantitative estimate of drug-likeness (QED) is 0.732. The maximum atomic E-state index is 12.6. The number of benzene rings is 1. The zero-order valence-electron chi connectivity index (χ0n) is 14.7. The zero-order chi connectivity index (χ0) is 18.6. The summed E-state index contributed by atoms with van der Waals surface area (Å²) in [4.78, 5) is 28.3. The van der Waals surface area contributed by atoms with E-state index in [1.165, 1.54) is 10.9 Å². The maximum Gasteiger partial charge on any atom is 0.287 e. The van der Waals surface area contributed by atoms with E-state index in [0.29, 0.717) is 30.7 Å². The van der Waals surface area contributed by atoms with Crippen molar-refractivity contribution in [2.45, 2.75) is 6.04 Å². The Morgan fingerprint density at radius 2 is 2.00 bits per heavy atom. The summed E-state index contributed by atoms with van der Waals surface area (Å²) in [6.07, 6.45) is 0. The van der Waals surface area contributed by atoms with Crippen LogP contribution in [0.1, 0.15) is 21.5 Å². The molecule has 0 bridgehead atoms. The van der Waals surface area contributed by atoms with Crippen molar-refractivity contribution < 1.29 is 13.9 Å². The molecule has 1 saturated heterocycles. The minimum atomic E-state index is -0.382. The van der Waals surface area contributed by atoms with Crippen molar-refractivity contribution >= 4 is 28.2 Å². The van der Waals surface area contributed by atoms with Gasteiger partial charge in [0.2, 0.25) is 0 Å². The molecule has 3 aromatic rings. The number of fused-ring (bicyclic) bond motifs is 1. The second-order valence-corrected chi connectivity index (χ2v) is 7.34. The van der Waals surface area contributed by atoms with E-state index in [4.69, 9.17) is 9.15 Å². The first-order valence-corrected chi connectivity index (χ1v) is 9.76. The number of rotatable bonds is 5. The van der Waals surface area contributed by atoms with E-state index in [-0.39, 0.29) is 23.1 Å². The minimum Gasteiger partial charge on any atom is -0.451 e. The lowest BCUT2D eigenvalue weighted by molar-refractivity contribution is 0.0168. The monoisotopic (exact) mass is 384 g/mol. The van der Waals surface area contributed by atoms with E-state index in [0.717, 1.165) is 13.1 Å². The molecule has 1 unspecified atom stereocenters. The van der Waals surface area contributed by atoms with Gasteiger partial charge in [0.05, 0.1) is 24.6 Å². The lowest BCUT2D eigenvalue weighted by atomic mass is 10.1. The first-order chi connectivity index (χ1) is 13.2. The maximum absolute atomic E-state index is 12.6. The first-order valence-electron chi connectivity index (χ1n) is 8.88. The van der Waals surface area contributed by atoms with Crippen LogP contribution >= 0.6 is 11.3 Å². The third-order valence-corrected chi connectivity index (χ3v) is 5.65. The van der Waals surface area contributed by atoms with Gasteiger partial charge in [0, 0.05) is 30.6 Å². The molecule has 6 nitrogen and oxygen atoms in total.